The van der Waals surface area contributed by atoms with E-state index in [0.717, 1.165) is 11.1 Å². The lowest BCUT2D eigenvalue weighted by atomic mass is 9.99. The minimum atomic E-state index is -0.320. The fraction of sp³-hybridized carbons (Fsp3) is 0.190. The van der Waals surface area contributed by atoms with E-state index in [-0.39, 0.29) is 23.2 Å². The first-order valence-electron chi connectivity index (χ1n) is 8.03. The molecule has 25 heavy (non-hydrogen) atoms. The predicted molar refractivity (Wildman–Crippen MR) is 97.4 cm³/mol. The van der Waals surface area contributed by atoms with E-state index in [1.54, 1.807) is 12.1 Å². The summed E-state index contributed by atoms with van der Waals surface area (Å²) in [7, 11) is 1.46. The third-order valence-electron chi connectivity index (χ3n) is 4.23. The van der Waals surface area contributed by atoms with Gasteiger partial charge in [-0.25, -0.2) is 0 Å². The summed E-state index contributed by atoms with van der Waals surface area (Å²) in [6.07, 6.45) is 3.44. The molecule has 1 unspecified atom stereocenters. The lowest BCUT2D eigenvalue weighted by molar-refractivity contribution is 0.104. The van der Waals surface area contributed by atoms with Crippen molar-refractivity contribution >= 4 is 11.9 Å². The van der Waals surface area contributed by atoms with Crippen LogP contribution in [0.1, 0.15) is 28.4 Å². The van der Waals surface area contributed by atoms with Gasteiger partial charge in [0.1, 0.15) is 28.9 Å². The summed E-state index contributed by atoms with van der Waals surface area (Å²) >= 11 is 0. The number of hydrogen-bond acceptors (Lipinski definition) is 4. The van der Waals surface area contributed by atoms with Crippen molar-refractivity contribution in [2.24, 2.45) is 0 Å². The number of allylic oxidation sites excluding steroid dienone is 1. The van der Waals surface area contributed by atoms with Crippen LogP contribution >= 0.6 is 0 Å². The van der Waals surface area contributed by atoms with Crippen molar-refractivity contribution in [1.29, 1.82) is 0 Å². The molecule has 0 saturated carbocycles. The molecule has 2 aromatic carbocycles. The van der Waals surface area contributed by atoms with Crippen LogP contribution in [0.4, 0.5) is 0 Å². The van der Waals surface area contributed by atoms with Gasteiger partial charge in [0.15, 0.2) is 5.78 Å². The number of benzene rings is 2. The Bertz CT molecular complexity index is 850. The molecular weight excluding hydrogens is 316 g/mol. The van der Waals surface area contributed by atoms with E-state index in [9.17, 15) is 9.90 Å². The average molecular weight is 336 g/mol. The molecule has 2 aromatic rings. The highest BCUT2D eigenvalue weighted by atomic mass is 16.5. The van der Waals surface area contributed by atoms with E-state index in [2.05, 4.69) is 6.58 Å². The first-order chi connectivity index (χ1) is 12.0. The normalized spacial score (nSPS) is 15.7. The second kappa shape index (κ2) is 6.85. The number of ketones is 1. The molecular formula is C21H20O4. The van der Waals surface area contributed by atoms with E-state index in [4.69, 9.17) is 9.47 Å². The number of hydrogen-bond donors (Lipinski definition) is 1. The van der Waals surface area contributed by atoms with Crippen molar-refractivity contribution in [2.45, 2.75) is 19.4 Å². The standard InChI is InChI=1S/C21H20O4/c1-13(2)17-11-15-18(25-17)12-19(24-3)20(21(15)23)16(22)10-9-14-7-5-4-6-8-14/h4-10,12,17,23H,1,11H2,2-3H3/b10-9+. The molecule has 0 amide bonds. The number of methoxy groups -OCH3 is 1. The fourth-order valence-electron chi connectivity index (χ4n) is 2.84. The molecule has 0 bridgehead atoms. The molecule has 1 atom stereocenters. The summed E-state index contributed by atoms with van der Waals surface area (Å²) in [5.74, 6) is 0.424. The van der Waals surface area contributed by atoms with Crippen LogP contribution in [-0.4, -0.2) is 24.1 Å². The Balaban J connectivity index is 1.97. The van der Waals surface area contributed by atoms with Gasteiger partial charge in [-0.1, -0.05) is 43.0 Å². The van der Waals surface area contributed by atoms with Crippen molar-refractivity contribution in [2.75, 3.05) is 7.11 Å². The Morgan fingerprint density at radius 3 is 2.72 bits per heavy atom. The van der Waals surface area contributed by atoms with Gasteiger partial charge in [0.05, 0.1) is 7.11 Å². The molecule has 4 heteroatoms. The summed E-state index contributed by atoms with van der Waals surface area (Å²) in [5.41, 5.74) is 2.54. The first-order valence-corrected chi connectivity index (χ1v) is 8.03. The highest BCUT2D eigenvalue weighted by Crippen LogP contribution is 2.44. The number of aromatic hydroxyl groups is 1. The van der Waals surface area contributed by atoms with Crippen LogP contribution in [0.15, 0.2) is 54.6 Å². The Morgan fingerprint density at radius 2 is 2.08 bits per heavy atom. The van der Waals surface area contributed by atoms with Crippen LogP contribution in [-0.2, 0) is 6.42 Å². The molecule has 0 fully saturated rings. The smallest absolute Gasteiger partial charge is 0.193 e. The number of phenolic OH excluding ortho intramolecular Hbond substituents is 1. The summed E-state index contributed by atoms with van der Waals surface area (Å²) < 4.78 is 11.1. The number of ether oxygens (including phenoxy) is 2. The summed E-state index contributed by atoms with van der Waals surface area (Å²) in [4.78, 5) is 12.6. The Kier molecular flexibility index (Phi) is 4.61. The largest absolute Gasteiger partial charge is 0.507 e. The number of phenols is 1. The molecule has 0 spiro atoms. The van der Waals surface area contributed by atoms with Gasteiger partial charge in [0.2, 0.25) is 0 Å². The Morgan fingerprint density at radius 1 is 1.36 bits per heavy atom. The molecule has 1 heterocycles. The lowest BCUT2D eigenvalue weighted by Gasteiger charge is -2.12. The topological polar surface area (TPSA) is 55.8 Å². The molecule has 1 N–H and O–H groups in total. The average Bonchev–Trinajstić information content (AvgIpc) is 3.05. The molecule has 4 nitrogen and oxygen atoms in total. The maximum Gasteiger partial charge on any atom is 0.193 e. The zero-order valence-corrected chi connectivity index (χ0v) is 14.3. The number of carbonyl (C=O) groups is 1. The van der Waals surface area contributed by atoms with Crippen molar-refractivity contribution in [3.8, 4) is 17.2 Å². The molecule has 0 aromatic heterocycles. The van der Waals surface area contributed by atoms with Crippen LogP contribution < -0.4 is 9.47 Å². The first kappa shape index (κ1) is 16.8. The molecule has 1 aliphatic heterocycles. The number of rotatable bonds is 5. The highest BCUT2D eigenvalue weighted by molar-refractivity contribution is 6.11. The van der Waals surface area contributed by atoms with Crippen LogP contribution in [0.5, 0.6) is 17.2 Å². The SMILES string of the molecule is C=C(C)C1Cc2c(cc(OC)c(C(=O)/C=C/c3ccccc3)c2O)O1. The second-order valence-corrected chi connectivity index (χ2v) is 6.04. The van der Waals surface area contributed by atoms with Crippen LogP contribution in [0.2, 0.25) is 0 Å². The van der Waals surface area contributed by atoms with Crippen molar-refractivity contribution in [3.05, 3.63) is 71.3 Å². The van der Waals surface area contributed by atoms with Crippen molar-refractivity contribution in [3.63, 3.8) is 0 Å². The minimum absolute atomic E-state index is 0.0826. The maximum atomic E-state index is 12.6. The predicted octanol–water partition coefficient (Wildman–Crippen LogP) is 4.18. The second-order valence-electron chi connectivity index (χ2n) is 6.04. The van der Waals surface area contributed by atoms with Crippen molar-refractivity contribution < 1.29 is 19.4 Å². The Hall–Kier alpha value is -3.01. The highest BCUT2D eigenvalue weighted by Gasteiger charge is 2.31. The third-order valence-corrected chi connectivity index (χ3v) is 4.23. The molecule has 0 radical (unpaired) electrons. The number of fused-ring (bicyclic) bond motifs is 1. The van der Waals surface area contributed by atoms with Gasteiger partial charge in [-0.05, 0) is 24.1 Å². The summed E-state index contributed by atoms with van der Waals surface area (Å²) in [6.45, 7) is 5.77. The molecule has 0 saturated heterocycles. The molecule has 3 rings (SSSR count). The quantitative estimate of drug-likeness (QED) is 0.506. The molecule has 128 valence electrons. The lowest BCUT2D eigenvalue weighted by Crippen LogP contribution is -2.13. The van der Waals surface area contributed by atoms with Crippen molar-refractivity contribution in [1.82, 2.24) is 0 Å². The Labute approximate surface area is 147 Å². The molecule has 1 aliphatic rings. The monoisotopic (exact) mass is 336 g/mol. The molecule has 0 aliphatic carbocycles. The van der Waals surface area contributed by atoms with Gasteiger partial charge in [0, 0.05) is 18.1 Å². The summed E-state index contributed by atoms with van der Waals surface area (Å²) in [5, 5.41) is 10.6. The fourth-order valence-corrected chi connectivity index (χ4v) is 2.84. The zero-order chi connectivity index (χ0) is 18.0. The van der Waals surface area contributed by atoms with Gasteiger partial charge < -0.3 is 14.6 Å². The van der Waals surface area contributed by atoms with Gasteiger partial charge >= 0.3 is 0 Å². The zero-order valence-electron chi connectivity index (χ0n) is 14.3. The maximum absolute atomic E-state index is 12.6. The van der Waals surface area contributed by atoms with E-state index in [1.165, 1.54) is 13.2 Å². The van der Waals surface area contributed by atoms with E-state index in [0.29, 0.717) is 23.5 Å². The van der Waals surface area contributed by atoms with E-state index < -0.39 is 0 Å². The van der Waals surface area contributed by atoms with Crippen LogP contribution in [0, 0.1) is 0 Å². The third kappa shape index (κ3) is 3.29. The number of carbonyl (C=O) groups excluding carboxylic acids is 1. The van der Waals surface area contributed by atoms with Gasteiger partial charge in [-0.2, -0.15) is 0 Å². The minimum Gasteiger partial charge on any atom is -0.507 e. The summed E-state index contributed by atoms with van der Waals surface area (Å²) in [6, 6.07) is 11.2. The van der Waals surface area contributed by atoms with Gasteiger partial charge in [-0.15, -0.1) is 0 Å². The van der Waals surface area contributed by atoms with Gasteiger partial charge in [-0.3, -0.25) is 4.79 Å². The van der Waals surface area contributed by atoms with E-state index in [1.807, 2.05) is 37.3 Å². The van der Waals surface area contributed by atoms with Gasteiger partial charge in [0.25, 0.3) is 0 Å². The van der Waals surface area contributed by atoms with Crippen LogP contribution in [0.3, 0.4) is 0 Å². The van der Waals surface area contributed by atoms with Crippen LogP contribution in [0.25, 0.3) is 6.08 Å². The van der Waals surface area contributed by atoms with E-state index >= 15 is 0 Å².